The summed E-state index contributed by atoms with van der Waals surface area (Å²) in [5, 5.41) is 11.3. The molecule has 1 aliphatic heterocycles. The summed E-state index contributed by atoms with van der Waals surface area (Å²) in [6.07, 6.45) is 1.69. The zero-order valence-corrected chi connectivity index (χ0v) is 15.5. The van der Waals surface area contributed by atoms with E-state index in [-0.39, 0.29) is 0 Å². The van der Waals surface area contributed by atoms with Crippen LogP contribution in [0.4, 0.5) is 17.5 Å². The second-order valence-electron chi connectivity index (χ2n) is 5.97. The summed E-state index contributed by atoms with van der Waals surface area (Å²) in [6, 6.07) is 3.60. The molecular weight excluding hydrogens is 336 g/mol. The molecular formula is C17H24N6O3. The van der Waals surface area contributed by atoms with Crippen molar-refractivity contribution in [1.29, 1.82) is 0 Å². The molecule has 0 unspecified atom stereocenters. The maximum atomic E-state index is 5.37. The van der Waals surface area contributed by atoms with Gasteiger partial charge in [-0.15, -0.1) is 5.10 Å². The molecule has 2 heterocycles. The van der Waals surface area contributed by atoms with E-state index in [1.165, 1.54) is 0 Å². The molecule has 0 atom stereocenters. The summed E-state index contributed by atoms with van der Waals surface area (Å²) in [4.78, 5) is 9.08. The Hall–Kier alpha value is -2.81. The third-order valence-corrected chi connectivity index (χ3v) is 4.29. The van der Waals surface area contributed by atoms with Crippen molar-refractivity contribution in [1.82, 2.24) is 20.1 Å². The van der Waals surface area contributed by atoms with E-state index in [0.717, 1.165) is 37.7 Å². The average molecular weight is 360 g/mol. The maximum Gasteiger partial charge on any atom is 0.249 e. The van der Waals surface area contributed by atoms with Crippen LogP contribution in [0.3, 0.4) is 0 Å². The summed E-state index contributed by atoms with van der Waals surface area (Å²) in [5.41, 5.74) is 0.719. The van der Waals surface area contributed by atoms with Crippen molar-refractivity contribution in [3.63, 3.8) is 0 Å². The lowest BCUT2D eigenvalue weighted by Crippen LogP contribution is -2.44. The number of benzene rings is 1. The number of methoxy groups -OCH3 is 3. The Morgan fingerprint density at radius 3 is 2.19 bits per heavy atom. The second kappa shape index (κ2) is 8.05. The number of nitrogens with one attached hydrogen (secondary N) is 1. The van der Waals surface area contributed by atoms with Crippen LogP contribution in [0.2, 0.25) is 0 Å². The van der Waals surface area contributed by atoms with E-state index in [0.29, 0.717) is 23.2 Å². The molecule has 1 aromatic heterocycles. The predicted octanol–water partition coefficient (Wildman–Crippen LogP) is 1.39. The first kappa shape index (κ1) is 18.0. The van der Waals surface area contributed by atoms with Gasteiger partial charge in [0, 0.05) is 44.0 Å². The lowest BCUT2D eigenvalue weighted by molar-refractivity contribution is 0.312. The summed E-state index contributed by atoms with van der Waals surface area (Å²) in [6.45, 7) is 3.83. The number of aromatic nitrogens is 3. The van der Waals surface area contributed by atoms with Crippen LogP contribution in [-0.4, -0.2) is 74.6 Å². The molecule has 9 heteroatoms. The summed E-state index contributed by atoms with van der Waals surface area (Å²) in [5.74, 6) is 2.86. The van der Waals surface area contributed by atoms with Crippen LogP contribution in [0.15, 0.2) is 18.3 Å². The van der Waals surface area contributed by atoms with Gasteiger partial charge in [-0.1, -0.05) is 0 Å². The average Bonchev–Trinajstić information content (AvgIpc) is 2.68. The largest absolute Gasteiger partial charge is 0.493 e. The zero-order chi connectivity index (χ0) is 18.5. The lowest BCUT2D eigenvalue weighted by Gasteiger charge is -2.32. The minimum Gasteiger partial charge on any atom is -0.493 e. The minimum atomic E-state index is 0.413. The predicted molar refractivity (Wildman–Crippen MR) is 98.9 cm³/mol. The van der Waals surface area contributed by atoms with E-state index >= 15 is 0 Å². The van der Waals surface area contributed by atoms with Gasteiger partial charge in [0.2, 0.25) is 11.7 Å². The third-order valence-electron chi connectivity index (χ3n) is 4.29. The normalized spacial score (nSPS) is 14.8. The van der Waals surface area contributed by atoms with Crippen molar-refractivity contribution < 1.29 is 14.2 Å². The molecule has 1 fully saturated rings. The van der Waals surface area contributed by atoms with Crippen LogP contribution >= 0.6 is 0 Å². The molecule has 1 saturated heterocycles. The molecule has 0 radical (unpaired) electrons. The molecule has 0 aliphatic carbocycles. The van der Waals surface area contributed by atoms with E-state index in [1.807, 2.05) is 0 Å². The molecule has 0 bridgehead atoms. The SMILES string of the molecule is COc1cc(Nc2nncc(N3CCN(C)CC3)n2)cc(OC)c1OC. The van der Waals surface area contributed by atoms with E-state index < -0.39 is 0 Å². The van der Waals surface area contributed by atoms with Crippen molar-refractivity contribution >= 4 is 17.5 Å². The van der Waals surface area contributed by atoms with Gasteiger partial charge >= 0.3 is 0 Å². The second-order valence-corrected chi connectivity index (χ2v) is 5.97. The number of hydrogen-bond donors (Lipinski definition) is 1. The minimum absolute atomic E-state index is 0.413. The van der Waals surface area contributed by atoms with Crippen LogP contribution in [0.25, 0.3) is 0 Å². The molecule has 2 aromatic rings. The fourth-order valence-electron chi connectivity index (χ4n) is 2.82. The van der Waals surface area contributed by atoms with Gasteiger partial charge in [0.1, 0.15) is 0 Å². The molecule has 0 spiro atoms. The topological polar surface area (TPSA) is 84.9 Å². The lowest BCUT2D eigenvalue weighted by atomic mass is 10.2. The molecule has 9 nitrogen and oxygen atoms in total. The highest BCUT2D eigenvalue weighted by Crippen LogP contribution is 2.40. The van der Waals surface area contributed by atoms with Gasteiger partial charge in [-0.25, -0.2) is 0 Å². The van der Waals surface area contributed by atoms with Crippen LogP contribution in [-0.2, 0) is 0 Å². The van der Waals surface area contributed by atoms with Gasteiger partial charge in [0.15, 0.2) is 17.3 Å². The van der Waals surface area contributed by atoms with Crippen LogP contribution < -0.4 is 24.4 Å². The Balaban J connectivity index is 1.82. The number of likely N-dealkylation sites (N-methyl/N-ethyl adjacent to an activating group) is 1. The molecule has 0 saturated carbocycles. The highest BCUT2D eigenvalue weighted by molar-refractivity contribution is 5.65. The number of hydrogen-bond acceptors (Lipinski definition) is 9. The number of piperazine rings is 1. The van der Waals surface area contributed by atoms with Gasteiger partial charge < -0.3 is 29.3 Å². The molecule has 3 rings (SSSR count). The first-order valence-corrected chi connectivity index (χ1v) is 8.35. The fourth-order valence-corrected chi connectivity index (χ4v) is 2.82. The summed E-state index contributed by atoms with van der Waals surface area (Å²) >= 11 is 0. The Kier molecular flexibility index (Phi) is 5.57. The molecule has 1 aliphatic rings. The van der Waals surface area contributed by atoms with Crippen molar-refractivity contribution in [2.75, 3.05) is 64.8 Å². The first-order valence-electron chi connectivity index (χ1n) is 8.35. The van der Waals surface area contributed by atoms with Crippen LogP contribution in [0.1, 0.15) is 0 Å². The van der Waals surface area contributed by atoms with Crippen LogP contribution in [0, 0.1) is 0 Å². The fraction of sp³-hybridized carbons (Fsp3) is 0.471. The van der Waals surface area contributed by atoms with Crippen molar-refractivity contribution in [2.45, 2.75) is 0 Å². The summed E-state index contributed by atoms with van der Waals surface area (Å²) in [7, 11) is 6.84. The van der Waals surface area contributed by atoms with Gasteiger partial charge in [-0.05, 0) is 7.05 Å². The number of rotatable bonds is 6. The van der Waals surface area contributed by atoms with E-state index in [4.69, 9.17) is 14.2 Å². The van der Waals surface area contributed by atoms with E-state index in [9.17, 15) is 0 Å². The van der Waals surface area contributed by atoms with E-state index in [1.54, 1.807) is 39.7 Å². The van der Waals surface area contributed by atoms with Crippen molar-refractivity contribution in [3.05, 3.63) is 18.3 Å². The highest BCUT2D eigenvalue weighted by atomic mass is 16.5. The van der Waals surface area contributed by atoms with Gasteiger partial charge in [0.25, 0.3) is 0 Å². The van der Waals surface area contributed by atoms with Crippen molar-refractivity contribution in [2.24, 2.45) is 0 Å². The molecule has 1 N–H and O–H groups in total. The quantitative estimate of drug-likeness (QED) is 0.821. The van der Waals surface area contributed by atoms with Gasteiger partial charge in [-0.2, -0.15) is 10.1 Å². The number of ether oxygens (including phenoxy) is 3. The smallest absolute Gasteiger partial charge is 0.249 e. The maximum absolute atomic E-state index is 5.37. The molecule has 26 heavy (non-hydrogen) atoms. The Bertz CT molecular complexity index is 724. The third kappa shape index (κ3) is 3.88. The molecule has 140 valence electrons. The first-order chi connectivity index (χ1) is 12.6. The standard InChI is InChI=1S/C17H24N6O3/c1-22-5-7-23(8-6-22)15-11-18-21-17(20-15)19-12-9-13(24-2)16(26-4)14(10-12)25-3/h9-11H,5-8H2,1-4H3,(H,19,20,21). The van der Waals surface area contributed by atoms with Gasteiger partial charge in [0.05, 0.1) is 27.5 Å². The van der Waals surface area contributed by atoms with Gasteiger partial charge in [-0.3, -0.25) is 0 Å². The Morgan fingerprint density at radius 1 is 0.962 bits per heavy atom. The van der Waals surface area contributed by atoms with Crippen molar-refractivity contribution in [3.8, 4) is 17.2 Å². The monoisotopic (exact) mass is 360 g/mol. The number of nitrogens with zero attached hydrogens (tertiary/aromatic N) is 5. The molecule has 0 amide bonds. The highest BCUT2D eigenvalue weighted by Gasteiger charge is 2.17. The van der Waals surface area contributed by atoms with Crippen LogP contribution in [0.5, 0.6) is 17.2 Å². The Labute approximate surface area is 152 Å². The summed E-state index contributed by atoms with van der Waals surface area (Å²) < 4.78 is 16.1. The van der Waals surface area contributed by atoms with E-state index in [2.05, 4.69) is 37.3 Å². The number of anilines is 3. The Morgan fingerprint density at radius 2 is 1.62 bits per heavy atom. The zero-order valence-electron chi connectivity index (χ0n) is 15.5. The molecule has 1 aromatic carbocycles.